The van der Waals surface area contributed by atoms with Crippen molar-refractivity contribution in [2.45, 2.75) is 68.2 Å². The van der Waals surface area contributed by atoms with Crippen LogP contribution in [0.5, 0.6) is 0 Å². The van der Waals surface area contributed by atoms with E-state index in [9.17, 15) is 0 Å². The Morgan fingerprint density at radius 2 is 0.750 bits per heavy atom. The van der Waals surface area contributed by atoms with E-state index in [1.807, 2.05) is 0 Å². The molecular formula is C40H40. The topological polar surface area (TPSA) is 0 Å². The lowest BCUT2D eigenvalue weighted by Gasteiger charge is -3.55. The molecule has 0 bridgehead atoms. The van der Waals surface area contributed by atoms with Crippen molar-refractivity contribution in [2.24, 2.45) is 168 Å². The molecule has 30 atom stereocenters. The molecule has 200 valence electrons. The molecule has 0 amide bonds. The van der Waals surface area contributed by atoms with Crippen molar-refractivity contribution in [3.8, 4) is 0 Å². The highest BCUT2D eigenvalue weighted by Crippen LogP contribution is 3.57. The van der Waals surface area contributed by atoms with Crippen LogP contribution >= 0.6 is 0 Å². The van der Waals surface area contributed by atoms with Gasteiger partial charge in [0, 0.05) is 0 Å². The van der Waals surface area contributed by atoms with Crippen LogP contribution in [0.2, 0.25) is 0 Å². The lowest BCUT2D eigenvalue weighted by atomic mass is 8.47. The van der Waals surface area contributed by atoms with Crippen LogP contribution in [-0.2, 0) is 0 Å². The normalized spacial score (nSPS) is 121. The third-order valence-corrected chi connectivity index (χ3v) is 31.6. The number of rotatable bonds is 0. The molecule has 21 aliphatic rings. The molecular weight excluding hydrogens is 480 g/mol. The summed E-state index contributed by atoms with van der Waals surface area (Å²) in [5.41, 5.74) is 15.3. The smallest absolute Gasteiger partial charge is 0.00137 e. The van der Waals surface area contributed by atoms with Crippen LogP contribution in [0.25, 0.3) is 0 Å². The fraction of sp³-hybridized carbons (Fsp3) is 1.00. The second-order valence-electron chi connectivity index (χ2n) is 24.1. The van der Waals surface area contributed by atoms with Gasteiger partial charge in [0.25, 0.3) is 0 Å². The summed E-state index contributed by atoms with van der Waals surface area (Å²) in [6.45, 7) is 24.0. The molecule has 0 aliphatic heterocycles. The standard InChI is InChI=1S/C40H40/c1-11-17-13-9-15-19-21-22-20-16-10-14-18-12(2)24(4)26(6)28(8)27(7)25(5)23(11,3)31(17)29(13,15)33(19)35(21)36(22)34(20)30(14,16)32(18,24)38(26,34)40(28,36)39(27,35)37(25,31)33/h11-22H,9-10H2,1-8H3. The predicted octanol–water partition coefficient (Wildman–Crippen LogP) is 6.36. The van der Waals surface area contributed by atoms with Crippen molar-refractivity contribution in [3.63, 3.8) is 0 Å². The molecule has 12 spiro atoms. The zero-order valence-electron chi connectivity index (χ0n) is 25.3. The Labute approximate surface area is 236 Å². The third-order valence-electron chi connectivity index (χ3n) is 31.6. The number of hydrogen-bond donors (Lipinski definition) is 0. The van der Waals surface area contributed by atoms with E-state index < -0.39 is 0 Å². The molecule has 0 heterocycles. The Hall–Kier alpha value is 0. The van der Waals surface area contributed by atoms with Crippen LogP contribution in [0, 0.1) is 168 Å². The molecule has 0 N–H and O–H groups in total. The first kappa shape index (κ1) is 16.9. The fourth-order valence-corrected chi connectivity index (χ4v) is 37.1. The van der Waals surface area contributed by atoms with E-state index in [1.165, 1.54) is 59.2 Å². The Kier molecular flexibility index (Phi) is 1.12. The van der Waals surface area contributed by atoms with Crippen LogP contribution in [0.4, 0.5) is 0 Å². The molecule has 21 saturated carbocycles. The first-order valence-corrected chi connectivity index (χ1v) is 19.0. The van der Waals surface area contributed by atoms with Gasteiger partial charge >= 0.3 is 0 Å². The monoisotopic (exact) mass is 520 g/mol. The zero-order valence-corrected chi connectivity index (χ0v) is 25.3. The maximum absolute atomic E-state index is 3.12. The molecule has 21 fully saturated rings. The quantitative estimate of drug-likeness (QED) is 0.349. The van der Waals surface area contributed by atoms with Crippen molar-refractivity contribution in [1.29, 1.82) is 0 Å². The second-order valence-corrected chi connectivity index (χ2v) is 24.1. The van der Waals surface area contributed by atoms with Gasteiger partial charge in [0.1, 0.15) is 0 Å². The molecule has 40 heavy (non-hydrogen) atoms. The van der Waals surface area contributed by atoms with Gasteiger partial charge in [-0.25, -0.2) is 0 Å². The summed E-state index contributed by atoms with van der Waals surface area (Å²) in [6.07, 6.45) is 3.47. The lowest BCUT2D eigenvalue weighted by Crippen LogP contribution is -3.54. The molecule has 21 aliphatic carbocycles. The van der Waals surface area contributed by atoms with Crippen LogP contribution in [0.3, 0.4) is 0 Å². The van der Waals surface area contributed by atoms with Crippen molar-refractivity contribution >= 4 is 0 Å². The molecule has 21 rings (SSSR count). The minimum atomic E-state index is 0.676. The summed E-state index contributed by atoms with van der Waals surface area (Å²) in [7, 11) is 0. The maximum atomic E-state index is 3.12. The van der Waals surface area contributed by atoms with Gasteiger partial charge in [-0.2, -0.15) is 0 Å². The van der Waals surface area contributed by atoms with Crippen LogP contribution in [-0.4, -0.2) is 0 Å². The summed E-state index contributed by atoms with van der Waals surface area (Å²) in [6, 6.07) is 0. The average Bonchev–Trinajstić information content (AvgIpc) is 2.86. The predicted molar refractivity (Wildman–Crippen MR) is 140 cm³/mol. The van der Waals surface area contributed by atoms with Crippen LogP contribution < -0.4 is 0 Å². The van der Waals surface area contributed by atoms with Gasteiger partial charge in [-0.15, -0.1) is 0 Å². The van der Waals surface area contributed by atoms with Crippen molar-refractivity contribution in [2.75, 3.05) is 0 Å². The zero-order chi connectivity index (χ0) is 25.3. The average molecular weight is 521 g/mol. The summed E-state index contributed by atoms with van der Waals surface area (Å²) in [5, 5.41) is 0. The van der Waals surface area contributed by atoms with Gasteiger partial charge in [-0.3, -0.25) is 0 Å². The van der Waals surface area contributed by atoms with Gasteiger partial charge in [0.2, 0.25) is 0 Å². The molecule has 0 nitrogen and oxygen atoms in total. The first-order valence-electron chi connectivity index (χ1n) is 19.0. The molecule has 0 aromatic rings. The summed E-state index contributed by atoms with van der Waals surface area (Å²) < 4.78 is 0. The van der Waals surface area contributed by atoms with E-state index >= 15 is 0 Å². The molecule has 30 unspecified atom stereocenters. The highest BCUT2D eigenvalue weighted by molar-refractivity contribution is 6.00. The van der Waals surface area contributed by atoms with E-state index in [2.05, 4.69) is 55.4 Å². The van der Waals surface area contributed by atoms with E-state index in [-0.39, 0.29) is 0 Å². The Morgan fingerprint density at radius 3 is 1.15 bits per heavy atom. The number of hydrogen-bond acceptors (Lipinski definition) is 0. The minimum absolute atomic E-state index is 0.676. The van der Waals surface area contributed by atoms with E-state index in [1.54, 1.807) is 12.8 Å². The van der Waals surface area contributed by atoms with Crippen molar-refractivity contribution < 1.29 is 0 Å². The Morgan fingerprint density at radius 1 is 0.375 bits per heavy atom. The molecule has 0 aromatic carbocycles. The SMILES string of the molecule is CC1C2C3CC4C5C6C7C8C9CC%10C%11C(C)C%12(C)C%13(C)C%14(C)C%15(C)C%16(C)C1(C)C21C34C52C63C74C85C%109C%11%12C%135C%144C%153C%1612. The maximum Gasteiger partial charge on any atom is -0.00137 e. The summed E-state index contributed by atoms with van der Waals surface area (Å²) in [5.74, 6) is 14.7. The van der Waals surface area contributed by atoms with Crippen LogP contribution in [0.15, 0.2) is 0 Å². The molecule has 0 aromatic heterocycles. The van der Waals surface area contributed by atoms with Gasteiger partial charge in [0.15, 0.2) is 0 Å². The Balaban J connectivity index is 1.02. The van der Waals surface area contributed by atoms with E-state index in [4.69, 9.17) is 0 Å². The largest absolute Gasteiger partial charge is 0.0616 e. The lowest BCUT2D eigenvalue weighted by molar-refractivity contribution is -1.11. The first-order chi connectivity index (χ1) is 19.0. The Bertz CT molecular complexity index is 1890. The second kappa shape index (κ2) is 2.64. The third kappa shape index (κ3) is 0.404. The van der Waals surface area contributed by atoms with Crippen molar-refractivity contribution in [3.05, 3.63) is 0 Å². The molecule has 0 saturated heterocycles. The molecule has 0 heteroatoms. The van der Waals surface area contributed by atoms with Crippen LogP contribution in [0.1, 0.15) is 68.2 Å². The highest BCUT2D eigenvalue weighted by atomic mass is 15.6. The minimum Gasteiger partial charge on any atom is -0.0616 e. The summed E-state index contributed by atoms with van der Waals surface area (Å²) >= 11 is 0. The van der Waals surface area contributed by atoms with Gasteiger partial charge in [-0.05, 0) is 181 Å². The fourth-order valence-electron chi connectivity index (χ4n) is 37.1. The van der Waals surface area contributed by atoms with Crippen molar-refractivity contribution in [1.82, 2.24) is 0 Å². The van der Waals surface area contributed by atoms with Gasteiger partial charge in [0.05, 0.1) is 0 Å². The van der Waals surface area contributed by atoms with Gasteiger partial charge in [-0.1, -0.05) is 55.4 Å². The number of fused-ring (bicyclic) bond motifs is 12. The van der Waals surface area contributed by atoms with E-state index in [0.717, 1.165) is 76.8 Å². The van der Waals surface area contributed by atoms with Gasteiger partial charge < -0.3 is 0 Å². The highest BCUT2D eigenvalue weighted by Gasteiger charge is 3.56. The summed E-state index contributed by atoms with van der Waals surface area (Å²) in [4.78, 5) is 0. The van der Waals surface area contributed by atoms with E-state index in [0.29, 0.717) is 32.5 Å². The molecule has 0 radical (unpaired) electrons.